The summed E-state index contributed by atoms with van der Waals surface area (Å²) in [5.74, 6) is 0.514. The number of aryl methyl sites for hydroxylation is 2. The monoisotopic (exact) mass is 437 g/mol. The van der Waals surface area contributed by atoms with Gasteiger partial charge in [0.25, 0.3) is 0 Å². The van der Waals surface area contributed by atoms with Crippen LogP contribution in [-0.4, -0.2) is 40.5 Å². The molecule has 2 aromatic rings. The van der Waals surface area contributed by atoms with E-state index < -0.39 is 0 Å². The van der Waals surface area contributed by atoms with E-state index >= 15 is 0 Å². The number of guanidine groups is 1. The van der Waals surface area contributed by atoms with E-state index in [0.29, 0.717) is 5.96 Å². The number of nitrogens with one attached hydrogen (secondary N) is 3. The first-order valence-corrected chi connectivity index (χ1v) is 8.37. The van der Waals surface area contributed by atoms with Gasteiger partial charge in [-0.3, -0.25) is 9.98 Å². The summed E-state index contributed by atoms with van der Waals surface area (Å²) in [6.07, 6.45) is 8.30. The van der Waals surface area contributed by atoms with Crippen molar-refractivity contribution in [1.29, 1.82) is 0 Å². The van der Waals surface area contributed by atoms with Crippen LogP contribution in [0.5, 0.6) is 0 Å². The van der Waals surface area contributed by atoms with Gasteiger partial charge in [-0.2, -0.15) is 0 Å². The Hall–Kier alpha value is -1.54. The van der Waals surface area contributed by atoms with Crippen LogP contribution in [0.2, 0.25) is 0 Å². The minimum atomic E-state index is 0. The highest BCUT2D eigenvalue weighted by Gasteiger charge is 1.96. The van der Waals surface area contributed by atoms with E-state index in [0.717, 1.165) is 56.8 Å². The Morgan fingerprint density at radius 2 is 1.96 bits per heavy atom. The first-order valence-electron chi connectivity index (χ1n) is 8.37. The second kappa shape index (κ2) is 16.6. The average molecular weight is 439 g/mol. The molecule has 0 atom stereocenters. The first kappa shape index (κ1) is 27.7. The molecule has 0 aliphatic rings. The van der Waals surface area contributed by atoms with Crippen LogP contribution in [0, 0.1) is 6.92 Å². The summed E-state index contributed by atoms with van der Waals surface area (Å²) in [4.78, 5) is 15.7. The maximum absolute atomic E-state index is 5.84. The van der Waals surface area contributed by atoms with Gasteiger partial charge in [-0.15, -0.1) is 37.2 Å². The van der Waals surface area contributed by atoms with E-state index in [1.165, 1.54) is 5.56 Å². The lowest BCUT2D eigenvalue weighted by Gasteiger charge is -2.07. The maximum atomic E-state index is 5.84. The molecule has 0 radical (unpaired) electrons. The third kappa shape index (κ3) is 12.5. The summed E-state index contributed by atoms with van der Waals surface area (Å²) in [5, 5.41) is 6.50. The predicted octanol–water partition coefficient (Wildman–Crippen LogP) is 2.40. The van der Waals surface area contributed by atoms with Crippen LogP contribution in [0.25, 0.3) is 0 Å². The van der Waals surface area contributed by atoms with E-state index in [1.807, 2.05) is 19.3 Å². The highest BCUT2D eigenvalue weighted by molar-refractivity contribution is 5.86. The second-order valence-electron chi connectivity index (χ2n) is 5.73. The van der Waals surface area contributed by atoms with Crippen LogP contribution < -0.4 is 16.4 Å². The van der Waals surface area contributed by atoms with Gasteiger partial charge >= 0.3 is 0 Å². The van der Waals surface area contributed by atoms with Gasteiger partial charge in [-0.1, -0.05) is 6.07 Å². The van der Waals surface area contributed by atoms with Crippen molar-refractivity contribution < 1.29 is 0 Å². The van der Waals surface area contributed by atoms with Crippen LogP contribution >= 0.6 is 37.2 Å². The van der Waals surface area contributed by atoms with Gasteiger partial charge < -0.3 is 21.4 Å². The van der Waals surface area contributed by atoms with Gasteiger partial charge in [-0.25, -0.2) is 4.98 Å². The zero-order chi connectivity index (χ0) is 17.0. The zero-order valence-electron chi connectivity index (χ0n) is 15.5. The number of halogens is 3. The summed E-state index contributed by atoms with van der Waals surface area (Å²) >= 11 is 0. The van der Waals surface area contributed by atoms with Crippen molar-refractivity contribution in [1.82, 2.24) is 25.6 Å². The molecule has 0 aromatic carbocycles. The van der Waals surface area contributed by atoms with E-state index in [2.05, 4.69) is 42.7 Å². The topological polar surface area (TPSA) is 104 Å². The molecular formula is C17H30Cl3N7. The molecule has 0 saturated carbocycles. The van der Waals surface area contributed by atoms with Gasteiger partial charge in [-0.05, 0) is 44.4 Å². The van der Waals surface area contributed by atoms with Crippen molar-refractivity contribution in [3.05, 3.63) is 47.8 Å². The smallest absolute Gasteiger partial charge is 0.188 e. The summed E-state index contributed by atoms with van der Waals surface area (Å²) in [7, 11) is 0. The molecule has 0 aliphatic carbocycles. The standard InChI is InChI=1S/C17H27N7.3ClH/c1-14-5-6-16(23-10-14)11-19-7-3-9-22-17(18)21-8-2-4-15-12-20-13-24-15;;;/h5-6,10,12-13,19H,2-4,7-9,11H2,1H3,(H,20,24)(H3,18,21,22);3*1H. The highest BCUT2D eigenvalue weighted by Crippen LogP contribution is 1.98. The van der Waals surface area contributed by atoms with Gasteiger partial charge in [0.2, 0.25) is 0 Å². The Morgan fingerprint density at radius 1 is 1.15 bits per heavy atom. The van der Waals surface area contributed by atoms with Crippen LogP contribution in [0.3, 0.4) is 0 Å². The minimum absolute atomic E-state index is 0. The third-order valence-electron chi connectivity index (χ3n) is 3.56. The number of hydrogen-bond acceptors (Lipinski definition) is 4. The molecule has 0 unspecified atom stereocenters. The lowest BCUT2D eigenvalue weighted by atomic mass is 10.2. The molecule has 0 aliphatic heterocycles. The van der Waals surface area contributed by atoms with E-state index in [4.69, 9.17) is 5.73 Å². The number of aliphatic imine (C=N–C) groups is 1. The molecule has 7 nitrogen and oxygen atoms in total. The third-order valence-corrected chi connectivity index (χ3v) is 3.56. The zero-order valence-corrected chi connectivity index (χ0v) is 17.9. The molecule has 2 rings (SSSR count). The number of H-pyrrole nitrogens is 1. The Balaban J connectivity index is 0. The average Bonchev–Trinajstić information content (AvgIpc) is 3.10. The molecule has 0 bridgehead atoms. The van der Waals surface area contributed by atoms with Crippen LogP contribution in [0.1, 0.15) is 29.8 Å². The molecule has 154 valence electrons. The minimum Gasteiger partial charge on any atom is -0.370 e. The van der Waals surface area contributed by atoms with Crippen molar-refractivity contribution >= 4 is 43.2 Å². The van der Waals surface area contributed by atoms with Gasteiger partial charge in [0.05, 0.1) is 12.0 Å². The van der Waals surface area contributed by atoms with Crippen molar-refractivity contribution in [2.24, 2.45) is 10.7 Å². The summed E-state index contributed by atoms with van der Waals surface area (Å²) in [6.45, 7) is 5.27. The predicted molar refractivity (Wildman–Crippen MR) is 118 cm³/mol. The van der Waals surface area contributed by atoms with Crippen molar-refractivity contribution in [3.8, 4) is 0 Å². The van der Waals surface area contributed by atoms with Crippen molar-refractivity contribution in [2.45, 2.75) is 32.7 Å². The lowest BCUT2D eigenvalue weighted by Crippen LogP contribution is -2.33. The SMILES string of the molecule is Cc1ccc(CNCCCNC(N)=NCCCc2cnc[nH]2)nc1.Cl.Cl.Cl. The quantitative estimate of drug-likeness (QED) is 0.259. The molecule has 0 spiro atoms. The van der Waals surface area contributed by atoms with Crippen LogP contribution in [-0.2, 0) is 13.0 Å². The summed E-state index contributed by atoms with van der Waals surface area (Å²) in [5.41, 5.74) is 9.22. The molecule has 2 heterocycles. The van der Waals surface area contributed by atoms with Gasteiger partial charge in [0.1, 0.15) is 0 Å². The Labute approximate surface area is 179 Å². The van der Waals surface area contributed by atoms with Gasteiger partial charge in [0.15, 0.2) is 5.96 Å². The molecule has 10 heteroatoms. The fraction of sp³-hybridized carbons (Fsp3) is 0.471. The van der Waals surface area contributed by atoms with Crippen LogP contribution in [0.15, 0.2) is 35.8 Å². The fourth-order valence-corrected chi connectivity index (χ4v) is 2.20. The number of pyridine rings is 1. The van der Waals surface area contributed by atoms with Crippen molar-refractivity contribution in [2.75, 3.05) is 19.6 Å². The number of aromatic nitrogens is 3. The first-order chi connectivity index (χ1) is 11.7. The second-order valence-corrected chi connectivity index (χ2v) is 5.73. The number of nitrogens with two attached hydrogens (primary N) is 1. The normalized spacial score (nSPS) is 10.3. The largest absolute Gasteiger partial charge is 0.370 e. The Kier molecular flexibility index (Phi) is 17.0. The molecule has 5 N–H and O–H groups in total. The molecular weight excluding hydrogens is 409 g/mol. The van der Waals surface area contributed by atoms with Gasteiger partial charge in [0, 0.05) is 37.7 Å². The lowest BCUT2D eigenvalue weighted by molar-refractivity contribution is 0.631. The Morgan fingerprint density at radius 3 is 2.63 bits per heavy atom. The number of rotatable bonds is 10. The maximum Gasteiger partial charge on any atom is 0.188 e. The highest BCUT2D eigenvalue weighted by atomic mass is 35.5. The van der Waals surface area contributed by atoms with Crippen LogP contribution in [0.4, 0.5) is 0 Å². The molecule has 0 saturated heterocycles. The number of nitrogens with zero attached hydrogens (tertiary/aromatic N) is 3. The number of aromatic amines is 1. The number of imidazole rings is 1. The van der Waals surface area contributed by atoms with E-state index in [-0.39, 0.29) is 37.2 Å². The van der Waals surface area contributed by atoms with E-state index in [1.54, 1.807) is 6.33 Å². The summed E-state index contributed by atoms with van der Waals surface area (Å²) in [6, 6.07) is 4.13. The molecule has 27 heavy (non-hydrogen) atoms. The summed E-state index contributed by atoms with van der Waals surface area (Å²) < 4.78 is 0. The Bertz CT molecular complexity index is 603. The van der Waals surface area contributed by atoms with E-state index in [9.17, 15) is 0 Å². The molecule has 2 aromatic heterocycles. The number of hydrogen-bond donors (Lipinski definition) is 4. The van der Waals surface area contributed by atoms with Crippen molar-refractivity contribution in [3.63, 3.8) is 0 Å². The molecule has 0 amide bonds. The molecule has 0 fully saturated rings. The fourth-order valence-electron chi connectivity index (χ4n) is 2.20.